The lowest BCUT2D eigenvalue weighted by molar-refractivity contribution is -0.255. The summed E-state index contributed by atoms with van der Waals surface area (Å²) in [7, 11) is 0. The zero-order valence-corrected chi connectivity index (χ0v) is 7.37. The molecular weight excluding hydrogens is 200 g/mol. The first kappa shape index (κ1) is 9.20. The van der Waals surface area contributed by atoms with Gasteiger partial charge in [0.15, 0.2) is 0 Å². The van der Waals surface area contributed by atoms with E-state index in [0.29, 0.717) is 5.52 Å². The van der Waals surface area contributed by atoms with E-state index >= 15 is 0 Å². The Morgan fingerprint density at radius 3 is 2.27 bits per heavy atom. The SMILES string of the molecule is O=C([O-])c1ccc2[nH]c(=O)c(=O)[nH]c2c1. The van der Waals surface area contributed by atoms with Gasteiger partial charge < -0.3 is 19.9 Å². The van der Waals surface area contributed by atoms with Crippen LogP contribution in [0.25, 0.3) is 11.0 Å². The van der Waals surface area contributed by atoms with Gasteiger partial charge in [0.25, 0.3) is 0 Å². The summed E-state index contributed by atoms with van der Waals surface area (Å²) in [4.78, 5) is 37.0. The van der Waals surface area contributed by atoms with Gasteiger partial charge in [-0.25, -0.2) is 0 Å². The second kappa shape index (κ2) is 3.09. The van der Waals surface area contributed by atoms with Crippen LogP contribution in [0.15, 0.2) is 27.8 Å². The van der Waals surface area contributed by atoms with Gasteiger partial charge in [0.2, 0.25) is 0 Å². The maximum absolute atomic E-state index is 11.0. The van der Waals surface area contributed by atoms with Gasteiger partial charge in [-0.1, -0.05) is 6.07 Å². The summed E-state index contributed by atoms with van der Waals surface area (Å²) >= 11 is 0. The quantitative estimate of drug-likeness (QED) is 0.557. The zero-order valence-electron chi connectivity index (χ0n) is 7.37. The Morgan fingerprint density at radius 1 is 1.07 bits per heavy atom. The molecule has 0 radical (unpaired) electrons. The van der Waals surface area contributed by atoms with Gasteiger partial charge in [0.05, 0.1) is 17.0 Å². The normalized spacial score (nSPS) is 10.4. The Kier molecular flexibility index (Phi) is 1.89. The molecular formula is C9H5N2O4-. The fourth-order valence-electron chi connectivity index (χ4n) is 1.24. The van der Waals surface area contributed by atoms with Crippen LogP contribution in [-0.2, 0) is 0 Å². The van der Waals surface area contributed by atoms with Crippen molar-refractivity contribution in [2.75, 3.05) is 0 Å². The number of fused-ring (bicyclic) bond motifs is 1. The Morgan fingerprint density at radius 2 is 1.67 bits per heavy atom. The monoisotopic (exact) mass is 205 g/mol. The molecule has 0 saturated heterocycles. The number of carbonyl (C=O) groups excluding carboxylic acids is 1. The second-order valence-corrected chi connectivity index (χ2v) is 2.96. The van der Waals surface area contributed by atoms with Gasteiger partial charge in [-0.15, -0.1) is 0 Å². The predicted octanol–water partition coefficient (Wildman–Crippen LogP) is -1.42. The first-order valence-corrected chi connectivity index (χ1v) is 4.05. The van der Waals surface area contributed by atoms with E-state index in [9.17, 15) is 19.5 Å². The minimum absolute atomic E-state index is 0.0646. The number of aromatic nitrogens is 2. The summed E-state index contributed by atoms with van der Waals surface area (Å²) < 4.78 is 0. The van der Waals surface area contributed by atoms with E-state index in [1.807, 2.05) is 0 Å². The number of rotatable bonds is 1. The molecule has 76 valence electrons. The molecule has 0 fully saturated rings. The average Bonchev–Trinajstić information content (AvgIpc) is 2.19. The number of benzene rings is 1. The molecule has 2 aromatic rings. The van der Waals surface area contributed by atoms with Crippen LogP contribution in [0, 0.1) is 0 Å². The van der Waals surface area contributed by atoms with Crippen molar-refractivity contribution < 1.29 is 9.90 Å². The highest BCUT2D eigenvalue weighted by atomic mass is 16.4. The number of aromatic amines is 2. The van der Waals surface area contributed by atoms with Crippen LogP contribution >= 0.6 is 0 Å². The maximum atomic E-state index is 11.0. The Labute approximate surface area is 82.2 Å². The van der Waals surface area contributed by atoms with Crippen LogP contribution in [0.4, 0.5) is 0 Å². The molecule has 6 heteroatoms. The highest BCUT2D eigenvalue weighted by Gasteiger charge is 2.00. The lowest BCUT2D eigenvalue weighted by Gasteiger charge is -2.03. The Balaban J connectivity index is 2.83. The zero-order chi connectivity index (χ0) is 11.0. The van der Waals surface area contributed by atoms with E-state index in [1.54, 1.807) is 0 Å². The van der Waals surface area contributed by atoms with Gasteiger partial charge in [-0.3, -0.25) is 9.59 Å². The van der Waals surface area contributed by atoms with Crippen molar-refractivity contribution in [3.05, 3.63) is 44.5 Å². The number of hydrogen-bond acceptors (Lipinski definition) is 4. The van der Waals surface area contributed by atoms with Crippen LogP contribution in [0.5, 0.6) is 0 Å². The molecule has 0 saturated carbocycles. The van der Waals surface area contributed by atoms with Gasteiger partial charge in [-0.05, 0) is 17.7 Å². The highest BCUT2D eigenvalue weighted by molar-refractivity contribution is 5.90. The van der Waals surface area contributed by atoms with Crippen molar-refractivity contribution in [2.24, 2.45) is 0 Å². The van der Waals surface area contributed by atoms with Crippen LogP contribution in [0.2, 0.25) is 0 Å². The minimum Gasteiger partial charge on any atom is -0.545 e. The predicted molar refractivity (Wildman–Crippen MR) is 49.5 cm³/mol. The van der Waals surface area contributed by atoms with E-state index in [1.165, 1.54) is 18.2 Å². The Hall–Kier alpha value is -2.37. The largest absolute Gasteiger partial charge is 0.545 e. The summed E-state index contributed by atoms with van der Waals surface area (Å²) in [6, 6.07) is 3.89. The van der Waals surface area contributed by atoms with Crippen LogP contribution in [0.1, 0.15) is 10.4 Å². The van der Waals surface area contributed by atoms with Gasteiger partial charge in [0.1, 0.15) is 0 Å². The topological polar surface area (TPSA) is 106 Å². The molecule has 15 heavy (non-hydrogen) atoms. The molecule has 0 aliphatic heterocycles. The van der Waals surface area contributed by atoms with Gasteiger partial charge >= 0.3 is 11.1 Å². The first-order chi connectivity index (χ1) is 7.08. The van der Waals surface area contributed by atoms with Crippen LogP contribution < -0.4 is 16.2 Å². The van der Waals surface area contributed by atoms with E-state index in [-0.39, 0.29) is 11.1 Å². The van der Waals surface area contributed by atoms with E-state index in [0.717, 1.165) is 0 Å². The van der Waals surface area contributed by atoms with Crippen molar-refractivity contribution in [3.8, 4) is 0 Å². The van der Waals surface area contributed by atoms with Crippen molar-refractivity contribution >= 4 is 17.0 Å². The third kappa shape index (κ3) is 1.52. The number of carboxylic acid groups (broad SMARTS) is 1. The summed E-state index contributed by atoms with van der Waals surface area (Å²) in [5, 5.41) is 10.5. The molecule has 1 aromatic heterocycles. The van der Waals surface area contributed by atoms with Crippen LogP contribution in [0.3, 0.4) is 0 Å². The molecule has 0 unspecified atom stereocenters. The standard InChI is InChI=1S/C9H6N2O4/c12-7-8(13)11-6-3-4(9(14)15)1-2-5(6)10-7/h1-3H,(H,10,12)(H,11,13)(H,14,15)/p-1. The summed E-state index contributed by atoms with van der Waals surface area (Å²) in [6.45, 7) is 0. The molecule has 2 rings (SSSR count). The average molecular weight is 205 g/mol. The minimum atomic E-state index is -1.34. The fraction of sp³-hybridized carbons (Fsp3) is 0. The Bertz CT molecular complexity index is 653. The molecule has 1 aromatic carbocycles. The van der Waals surface area contributed by atoms with Crippen molar-refractivity contribution in [1.82, 2.24) is 9.97 Å². The molecule has 0 amide bonds. The third-order valence-electron chi connectivity index (χ3n) is 1.96. The number of H-pyrrole nitrogens is 2. The second-order valence-electron chi connectivity index (χ2n) is 2.96. The molecule has 0 aliphatic rings. The number of carbonyl (C=O) groups is 1. The lowest BCUT2D eigenvalue weighted by atomic mass is 10.2. The van der Waals surface area contributed by atoms with E-state index < -0.39 is 17.1 Å². The molecule has 6 nitrogen and oxygen atoms in total. The van der Waals surface area contributed by atoms with Gasteiger partial charge in [-0.2, -0.15) is 0 Å². The third-order valence-corrected chi connectivity index (χ3v) is 1.96. The summed E-state index contributed by atoms with van der Waals surface area (Å²) in [5.74, 6) is -1.34. The number of hydrogen-bond donors (Lipinski definition) is 2. The number of carboxylic acids is 1. The van der Waals surface area contributed by atoms with Crippen molar-refractivity contribution in [2.45, 2.75) is 0 Å². The fourth-order valence-corrected chi connectivity index (χ4v) is 1.24. The lowest BCUT2D eigenvalue weighted by Crippen LogP contribution is -2.29. The van der Waals surface area contributed by atoms with E-state index in [4.69, 9.17) is 0 Å². The summed E-state index contributed by atoms with van der Waals surface area (Å²) in [6.07, 6.45) is 0. The smallest absolute Gasteiger partial charge is 0.314 e. The molecule has 2 N–H and O–H groups in total. The first-order valence-electron chi connectivity index (χ1n) is 4.05. The number of aromatic carboxylic acids is 1. The molecule has 0 spiro atoms. The van der Waals surface area contributed by atoms with Gasteiger partial charge in [0, 0.05) is 0 Å². The highest BCUT2D eigenvalue weighted by Crippen LogP contribution is 2.07. The molecule has 0 atom stereocenters. The van der Waals surface area contributed by atoms with Crippen LogP contribution in [-0.4, -0.2) is 15.9 Å². The maximum Gasteiger partial charge on any atom is 0.314 e. The van der Waals surface area contributed by atoms with Crippen molar-refractivity contribution in [1.29, 1.82) is 0 Å². The number of nitrogens with one attached hydrogen (secondary N) is 2. The molecule has 1 heterocycles. The molecule has 0 bridgehead atoms. The molecule has 0 aliphatic carbocycles. The van der Waals surface area contributed by atoms with Crippen molar-refractivity contribution in [3.63, 3.8) is 0 Å². The van der Waals surface area contributed by atoms with E-state index in [2.05, 4.69) is 9.97 Å². The summed E-state index contributed by atoms with van der Waals surface area (Å²) in [5.41, 5.74) is -1.04.